The van der Waals surface area contributed by atoms with Gasteiger partial charge in [0.1, 0.15) is 17.3 Å². The topological polar surface area (TPSA) is 87.7 Å². The molecule has 28 heavy (non-hydrogen) atoms. The van der Waals surface area contributed by atoms with E-state index in [1.165, 1.54) is 6.92 Å². The van der Waals surface area contributed by atoms with Crippen LogP contribution in [0.15, 0.2) is 48.5 Å². The number of nitrogens with zero attached hydrogens (tertiary/aromatic N) is 1. The summed E-state index contributed by atoms with van der Waals surface area (Å²) in [4.78, 5) is 39.2. The predicted octanol–water partition coefficient (Wildman–Crippen LogP) is 2.80. The zero-order valence-electron chi connectivity index (χ0n) is 16.3. The summed E-state index contributed by atoms with van der Waals surface area (Å²) in [5.74, 6) is -0.223. The van der Waals surface area contributed by atoms with E-state index in [1.54, 1.807) is 56.5 Å². The van der Waals surface area contributed by atoms with Crippen molar-refractivity contribution in [2.75, 3.05) is 12.4 Å². The van der Waals surface area contributed by atoms with Gasteiger partial charge in [-0.25, -0.2) is 9.69 Å². The Kier molecular flexibility index (Phi) is 5.09. The van der Waals surface area contributed by atoms with Gasteiger partial charge in [0.2, 0.25) is 5.91 Å². The fourth-order valence-electron chi connectivity index (χ4n) is 3.28. The maximum Gasteiger partial charge on any atom is 0.326 e. The zero-order chi connectivity index (χ0) is 20.5. The molecule has 7 nitrogen and oxygen atoms in total. The summed E-state index contributed by atoms with van der Waals surface area (Å²) in [5, 5.41) is 5.45. The van der Waals surface area contributed by atoms with Crippen molar-refractivity contribution in [3.8, 4) is 5.75 Å². The first kappa shape index (κ1) is 19.4. The van der Waals surface area contributed by atoms with Crippen LogP contribution in [0.4, 0.5) is 10.5 Å². The van der Waals surface area contributed by atoms with E-state index in [0.29, 0.717) is 17.0 Å². The van der Waals surface area contributed by atoms with Crippen LogP contribution < -0.4 is 15.4 Å². The summed E-state index contributed by atoms with van der Waals surface area (Å²) >= 11 is 0. The van der Waals surface area contributed by atoms with E-state index in [9.17, 15) is 14.4 Å². The third kappa shape index (κ3) is 3.31. The molecule has 2 atom stereocenters. The van der Waals surface area contributed by atoms with Crippen molar-refractivity contribution in [3.63, 3.8) is 0 Å². The van der Waals surface area contributed by atoms with Crippen LogP contribution in [0, 0.1) is 6.92 Å². The molecule has 2 aromatic carbocycles. The van der Waals surface area contributed by atoms with Gasteiger partial charge in [-0.1, -0.05) is 24.3 Å². The van der Waals surface area contributed by atoms with Gasteiger partial charge in [0.05, 0.1) is 7.11 Å². The van der Waals surface area contributed by atoms with Gasteiger partial charge in [-0.3, -0.25) is 9.59 Å². The van der Waals surface area contributed by atoms with Crippen LogP contribution in [0.3, 0.4) is 0 Å². The van der Waals surface area contributed by atoms with E-state index in [-0.39, 0.29) is 0 Å². The summed E-state index contributed by atoms with van der Waals surface area (Å²) in [5.41, 5.74) is 0.814. The second-order valence-electron chi connectivity index (χ2n) is 6.95. The molecule has 0 bridgehead atoms. The van der Waals surface area contributed by atoms with Crippen molar-refractivity contribution in [2.24, 2.45) is 0 Å². The zero-order valence-corrected chi connectivity index (χ0v) is 16.3. The number of carbonyl (C=O) groups excluding carboxylic acids is 3. The van der Waals surface area contributed by atoms with Crippen LogP contribution in [-0.4, -0.2) is 35.9 Å². The van der Waals surface area contributed by atoms with Gasteiger partial charge in [0.15, 0.2) is 0 Å². The van der Waals surface area contributed by atoms with Crippen LogP contribution in [-0.2, 0) is 15.1 Å². The third-order valence-electron chi connectivity index (χ3n) is 5.00. The van der Waals surface area contributed by atoms with E-state index < -0.39 is 29.4 Å². The second kappa shape index (κ2) is 7.34. The van der Waals surface area contributed by atoms with E-state index in [1.807, 2.05) is 13.0 Å². The normalized spacial score (nSPS) is 19.9. The maximum atomic E-state index is 13.1. The Bertz CT molecular complexity index is 929. The molecule has 1 fully saturated rings. The van der Waals surface area contributed by atoms with Crippen LogP contribution in [0.2, 0.25) is 0 Å². The lowest BCUT2D eigenvalue weighted by molar-refractivity contribution is -0.136. The van der Waals surface area contributed by atoms with Crippen molar-refractivity contribution in [1.82, 2.24) is 10.2 Å². The van der Waals surface area contributed by atoms with Gasteiger partial charge < -0.3 is 15.4 Å². The van der Waals surface area contributed by atoms with Crippen molar-refractivity contribution < 1.29 is 19.1 Å². The summed E-state index contributed by atoms with van der Waals surface area (Å²) in [6.45, 7) is 5.03. The molecule has 4 amide bonds. The monoisotopic (exact) mass is 381 g/mol. The van der Waals surface area contributed by atoms with E-state index in [4.69, 9.17) is 4.74 Å². The summed E-state index contributed by atoms with van der Waals surface area (Å²) in [7, 11) is 1.57. The molecule has 1 heterocycles. The summed E-state index contributed by atoms with van der Waals surface area (Å²) in [6, 6.07) is 12.6. The number of para-hydroxylation sites is 1. The lowest BCUT2D eigenvalue weighted by Crippen LogP contribution is -2.47. The Morgan fingerprint density at radius 1 is 1.18 bits per heavy atom. The lowest BCUT2D eigenvalue weighted by Gasteiger charge is -2.25. The minimum absolute atomic E-state index is 0.440. The highest BCUT2D eigenvalue weighted by atomic mass is 16.5. The van der Waals surface area contributed by atoms with Crippen LogP contribution in [0.1, 0.15) is 25.0 Å². The quantitative estimate of drug-likeness (QED) is 0.780. The molecule has 7 heteroatoms. The summed E-state index contributed by atoms with van der Waals surface area (Å²) in [6.07, 6.45) is 0. The molecule has 0 saturated carbocycles. The van der Waals surface area contributed by atoms with E-state index >= 15 is 0 Å². The van der Waals surface area contributed by atoms with Gasteiger partial charge in [0.25, 0.3) is 5.91 Å². The standard InChI is InChI=1S/C21H23N3O4/c1-13-12-15(10-11-17(13)28-4)21(3)19(26)24(20(27)23-21)14(2)18(25)22-16-8-6-5-7-9-16/h5-12,14H,1-4H3,(H,22,25)(H,23,27). The molecule has 2 N–H and O–H groups in total. The van der Waals surface area contributed by atoms with Crippen LogP contribution in [0.25, 0.3) is 0 Å². The Morgan fingerprint density at radius 3 is 2.46 bits per heavy atom. The molecule has 2 unspecified atom stereocenters. The molecule has 0 aromatic heterocycles. The highest BCUT2D eigenvalue weighted by Crippen LogP contribution is 2.32. The lowest BCUT2D eigenvalue weighted by atomic mass is 9.90. The molecule has 0 radical (unpaired) electrons. The number of amides is 4. The average molecular weight is 381 g/mol. The molecule has 1 aliphatic heterocycles. The Hall–Kier alpha value is -3.35. The number of urea groups is 1. The number of hydrogen-bond acceptors (Lipinski definition) is 4. The van der Waals surface area contributed by atoms with Crippen LogP contribution >= 0.6 is 0 Å². The molecule has 2 aromatic rings. The molecular weight excluding hydrogens is 358 g/mol. The molecule has 3 rings (SSSR count). The van der Waals surface area contributed by atoms with E-state index in [2.05, 4.69) is 10.6 Å². The minimum atomic E-state index is -1.25. The molecule has 0 aliphatic carbocycles. The number of benzene rings is 2. The van der Waals surface area contributed by atoms with Crippen molar-refractivity contribution in [3.05, 3.63) is 59.7 Å². The van der Waals surface area contributed by atoms with Gasteiger partial charge in [-0.2, -0.15) is 0 Å². The number of aryl methyl sites for hydroxylation is 1. The Balaban J connectivity index is 1.84. The number of rotatable bonds is 5. The highest BCUT2D eigenvalue weighted by Gasteiger charge is 2.51. The van der Waals surface area contributed by atoms with Crippen molar-refractivity contribution in [2.45, 2.75) is 32.4 Å². The summed E-state index contributed by atoms with van der Waals surface area (Å²) < 4.78 is 5.26. The molecular formula is C21H23N3O4. The fourth-order valence-corrected chi connectivity index (χ4v) is 3.28. The first-order chi connectivity index (χ1) is 13.3. The number of imide groups is 1. The highest BCUT2D eigenvalue weighted by molar-refractivity contribution is 6.11. The largest absolute Gasteiger partial charge is 0.496 e. The Morgan fingerprint density at radius 2 is 1.86 bits per heavy atom. The number of anilines is 1. The predicted molar refractivity (Wildman–Crippen MR) is 105 cm³/mol. The average Bonchev–Trinajstić information content (AvgIpc) is 2.91. The van der Waals surface area contributed by atoms with Gasteiger partial charge in [-0.05, 0) is 56.2 Å². The van der Waals surface area contributed by atoms with E-state index in [0.717, 1.165) is 10.5 Å². The maximum absolute atomic E-state index is 13.1. The fraction of sp³-hybridized carbons (Fsp3) is 0.286. The van der Waals surface area contributed by atoms with Crippen molar-refractivity contribution in [1.29, 1.82) is 0 Å². The smallest absolute Gasteiger partial charge is 0.326 e. The number of nitrogens with one attached hydrogen (secondary N) is 2. The SMILES string of the molecule is COc1ccc(C2(C)NC(=O)N(C(C)C(=O)Nc3ccccc3)C2=O)cc1C. The third-order valence-corrected chi connectivity index (χ3v) is 5.00. The molecule has 146 valence electrons. The van der Waals surface area contributed by atoms with Gasteiger partial charge in [-0.15, -0.1) is 0 Å². The molecule has 0 spiro atoms. The van der Waals surface area contributed by atoms with Gasteiger partial charge in [0, 0.05) is 5.69 Å². The van der Waals surface area contributed by atoms with Gasteiger partial charge >= 0.3 is 6.03 Å². The Labute approximate surface area is 163 Å². The molecule has 1 saturated heterocycles. The van der Waals surface area contributed by atoms with Crippen molar-refractivity contribution >= 4 is 23.5 Å². The number of hydrogen-bond donors (Lipinski definition) is 2. The second-order valence-corrected chi connectivity index (χ2v) is 6.95. The number of methoxy groups -OCH3 is 1. The minimum Gasteiger partial charge on any atom is -0.496 e. The number of carbonyl (C=O) groups is 3. The number of ether oxygens (including phenoxy) is 1. The first-order valence-corrected chi connectivity index (χ1v) is 8.94. The molecule has 1 aliphatic rings. The first-order valence-electron chi connectivity index (χ1n) is 8.94. The van der Waals surface area contributed by atoms with Crippen LogP contribution in [0.5, 0.6) is 5.75 Å².